The Kier molecular flexibility index (Phi) is 3.07. The van der Waals surface area contributed by atoms with Gasteiger partial charge in [-0.15, -0.1) is 0 Å². The molecule has 0 saturated heterocycles. The Morgan fingerprint density at radius 2 is 2.05 bits per heavy atom. The molecule has 3 rings (SSSR count). The van der Waals surface area contributed by atoms with Crippen LogP contribution in [0.2, 0.25) is 10.2 Å². The summed E-state index contributed by atoms with van der Waals surface area (Å²) in [7, 11) is 1.49. The number of hydrogen-bond acceptors (Lipinski definition) is 6. The first kappa shape index (κ1) is 12.9. The minimum atomic E-state index is 0.0665. The van der Waals surface area contributed by atoms with Gasteiger partial charge in [-0.25, -0.2) is 9.97 Å². The quantitative estimate of drug-likeness (QED) is 0.729. The van der Waals surface area contributed by atoms with Gasteiger partial charge < -0.3 is 10.5 Å². The lowest BCUT2D eigenvalue weighted by atomic mass is 10.4. The molecule has 0 aliphatic heterocycles. The van der Waals surface area contributed by atoms with E-state index in [-0.39, 0.29) is 11.1 Å². The summed E-state index contributed by atoms with van der Waals surface area (Å²) in [6.45, 7) is 0. The lowest BCUT2D eigenvalue weighted by Crippen LogP contribution is -2.00. The Balaban J connectivity index is 2.22. The van der Waals surface area contributed by atoms with E-state index in [1.807, 2.05) is 0 Å². The smallest absolute Gasteiger partial charge is 0.232 e. The van der Waals surface area contributed by atoms with E-state index in [0.29, 0.717) is 27.8 Å². The Hall–Kier alpha value is -2.12. The molecule has 2 N–H and O–H groups in total. The van der Waals surface area contributed by atoms with Crippen LogP contribution in [0.5, 0.6) is 5.88 Å². The second-order valence-electron chi connectivity index (χ2n) is 3.84. The summed E-state index contributed by atoms with van der Waals surface area (Å²) in [6, 6.07) is 1.68. The van der Waals surface area contributed by atoms with Gasteiger partial charge in [0.2, 0.25) is 11.8 Å². The molecule has 0 aliphatic rings. The molecule has 0 unspecified atom stereocenters. The zero-order valence-corrected chi connectivity index (χ0v) is 11.7. The number of nitrogens with two attached hydrogens (primary N) is 1. The second-order valence-corrected chi connectivity index (χ2v) is 4.61. The number of hydrogen-bond donors (Lipinski definition) is 1. The molecule has 0 atom stereocenters. The number of fused-ring (bicyclic) bond motifs is 1. The first-order valence-electron chi connectivity index (χ1n) is 5.46. The predicted molar refractivity (Wildman–Crippen MR) is 75.4 cm³/mol. The lowest BCUT2D eigenvalue weighted by molar-refractivity contribution is 0.398. The molecule has 7 nitrogen and oxygen atoms in total. The summed E-state index contributed by atoms with van der Waals surface area (Å²) >= 11 is 12.0. The van der Waals surface area contributed by atoms with Crippen molar-refractivity contribution in [3.05, 3.63) is 28.8 Å². The van der Waals surface area contributed by atoms with E-state index in [1.54, 1.807) is 23.2 Å². The van der Waals surface area contributed by atoms with E-state index in [0.717, 1.165) is 0 Å². The van der Waals surface area contributed by atoms with Crippen LogP contribution >= 0.6 is 23.2 Å². The van der Waals surface area contributed by atoms with Gasteiger partial charge in [0.25, 0.3) is 0 Å². The number of aromatic nitrogens is 5. The number of methoxy groups -OCH3 is 1. The molecule has 0 saturated carbocycles. The number of nitrogens with zero attached hydrogens (tertiary/aromatic N) is 5. The molecule has 3 aromatic heterocycles. The number of rotatable bonds is 2. The van der Waals surface area contributed by atoms with Crippen molar-refractivity contribution >= 4 is 40.3 Å². The van der Waals surface area contributed by atoms with Crippen molar-refractivity contribution in [1.82, 2.24) is 24.5 Å². The zero-order valence-electron chi connectivity index (χ0n) is 10.2. The molecule has 3 aromatic rings. The topological polar surface area (TPSA) is 91.7 Å². The minimum Gasteiger partial charge on any atom is -0.480 e. The summed E-state index contributed by atoms with van der Waals surface area (Å²) in [5, 5.41) is 0.568. The molecule has 9 heteroatoms. The average Bonchev–Trinajstić information content (AvgIpc) is 2.82. The van der Waals surface area contributed by atoms with Gasteiger partial charge in [0.15, 0.2) is 10.8 Å². The van der Waals surface area contributed by atoms with Crippen molar-refractivity contribution in [3.63, 3.8) is 0 Å². The van der Waals surface area contributed by atoms with Gasteiger partial charge in [-0.05, 0) is 6.07 Å². The molecule has 0 bridgehead atoms. The van der Waals surface area contributed by atoms with Crippen LogP contribution in [-0.4, -0.2) is 31.6 Å². The monoisotopic (exact) mass is 310 g/mol. The number of pyridine rings is 1. The van der Waals surface area contributed by atoms with Gasteiger partial charge in [-0.2, -0.15) is 9.97 Å². The molecule has 3 heterocycles. The van der Waals surface area contributed by atoms with Gasteiger partial charge in [-0.1, -0.05) is 23.2 Å². The van der Waals surface area contributed by atoms with Crippen LogP contribution in [0.4, 0.5) is 5.95 Å². The van der Waals surface area contributed by atoms with Gasteiger partial charge in [0, 0.05) is 0 Å². The first-order chi connectivity index (χ1) is 9.60. The third kappa shape index (κ3) is 2.00. The van der Waals surface area contributed by atoms with E-state index in [9.17, 15) is 0 Å². The van der Waals surface area contributed by atoms with Crippen LogP contribution in [0.25, 0.3) is 16.9 Å². The highest BCUT2D eigenvalue weighted by Gasteiger charge is 2.13. The van der Waals surface area contributed by atoms with Crippen molar-refractivity contribution < 1.29 is 4.74 Å². The van der Waals surface area contributed by atoms with Gasteiger partial charge in [0.05, 0.1) is 19.0 Å². The number of nitrogen functional groups attached to an aromatic ring is 1. The number of halogens is 2. The molecule has 102 valence electrons. The fraction of sp³-hybridized carbons (Fsp3) is 0.0909. The summed E-state index contributed by atoms with van der Waals surface area (Å²) in [6.07, 6.45) is 3.13. The number of anilines is 1. The first-order valence-corrected chi connectivity index (χ1v) is 6.21. The van der Waals surface area contributed by atoms with Crippen molar-refractivity contribution in [1.29, 1.82) is 0 Å². The van der Waals surface area contributed by atoms with Crippen LogP contribution in [0.15, 0.2) is 18.6 Å². The fourth-order valence-corrected chi connectivity index (χ4v) is 2.23. The van der Waals surface area contributed by atoms with Crippen LogP contribution < -0.4 is 10.5 Å². The number of ether oxygens (including phenoxy) is 1. The van der Waals surface area contributed by atoms with Crippen molar-refractivity contribution in [2.75, 3.05) is 12.8 Å². The van der Waals surface area contributed by atoms with Crippen LogP contribution in [0, 0.1) is 0 Å². The largest absolute Gasteiger partial charge is 0.480 e. The summed E-state index contributed by atoms with van der Waals surface area (Å²) in [5.74, 6) is 0.406. The molecule has 0 radical (unpaired) electrons. The molecule has 20 heavy (non-hydrogen) atoms. The third-order valence-electron chi connectivity index (χ3n) is 2.64. The van der Waals surface area contributed by atoms with E-state index in [2.05, 4.69) is 19.9 Å². The van der Waals surface area contributed by atoms with Crippen LogP contribution in [0.3, 0.4) is 0 Å². The Labute approximate surface area is 123 Å². The lowest BCUT2D eigenvalue weighted by Gasteiger charge is -2.06. The molecular weight excluding hydrogens is 303 g/mol. The summed E-state index contributed by atoms with van der Waals surface area (Å²) in [4.78, 5) is 16.2. The van der Waals surface area contributed by atoms with Gasteiger partial charge in [0.1, 0.15) is 16.9 Å². The zero-order chi connectivity index (χ0) is 14.3. The molecule has 0 aliphatic carbocycles. The summed E-state index contributed by atoms with van der Waals surface area (Å²) < 4.78 is 6.67. The van der Waals surface area contributed by atoms with Crippen molar-refractivity contribution in [2.24, 2.45) is 0 Å². The van der Waals surface area contributed by atoms with E-state index in [4.69, 9.17) is 33.7 Å². The fourth-order valence-electron chi connectivity index (χ4n) is 1.77. The Bertz CT molecular complexity index is 803. The number of imidazole rings is 1. The SMILES string of the molecule is COc1ncc(-n2cnc3c(Cl)nc(N)nc32)cc1Cl. The molecule has 0 amide bonds. The average molecular weight is 311 g/mol. The maximum Gasteiger partial charge on any atom is 0.232 e. The van der Waals surface area contributed by atoms with E-state index < -0.39 is 0 Å². The van der Waals surface area contributed by atoms with Crippen molar-refractivity contribution in [3.8, 4) is 11.6 Å². The maximum atomic E-state index is 6.06. The van der Waals surface area contributed by atoms with Gasteiger partial charge >= 0.3 is 0 Å². The van der Waals surface area contributed by atoms with E-state index >= 15 is 0 Å². The van der Waals surface area contributed by atoms with Crippen LogP contribution in [-0.2, 0) is 0 Å². The van der Waals surface area contributed by atoms with E-state index in [1.165, 1.54) is 7.11 Å². The molecule has 0 spiro atoms. The normalized spacial score (nSPS) is 10.9. The van der Waals surface area contributed by atoms with Gasteiger partial charge in [-0.3, -0.25) is 4.57 Å². The standard InChI is InChI=1S/C11H8Cl2N6O/c1-20-10-6(12)2-5(3-15-10)19-4-16-7-8(13)17-11(14)18-9(7)19/h2-4H,1H3,(H2,14,17,18). The molecule has 0 fully saturated rings. The minimum absolute atomic E-state index is 0.0665. The van der Waals surface area contributed by atoms with Crippen LogP contribution in [0.1, 0.15) is 0 Å². The predicted octanol–water partition coefficient (Wildman–Crippen LogP) is 2.11. The van der Waals surface area contributed by atoms with Crippen molar-refractivity contribution in [2.45, 2.75) is 0 Å². The second kappa shape index (κ2) is 4.77. The molecule has 0 aromatic carbocycles. The molecular formula is C11H8Cl2N6O. The Morgan fingerprint density at radius 1 is 1.25 bits per heavy atom. The maximum absolute atomic E-state index is 6.06. The highest BCUT2D eigenvalue weighted by atomic mass is 35.5. The third-order valence-corrected chi connectivity index (χ3v) is 3.17. The summed E-state index contributed by atoms with van der Waals surface area (Å²) in [5.41, 5.74) is 7.19. The highest BCUT2D eigenvalue weighted by Crippen LogP contribution is 2.26. The Morgan fingerprint density at radius 3 is 2.75 bits per heavy atom. The highest BCUT2D eigenvalue weighted by molar-refractivity contribution is 6.33.